The van der Waals surface area contributed by atoms with Gasteiger partial charge in [0.2, 0.25) is 0 Å². The number of imidazole rings is 1. The predicted octanol–water partition coefficient (Wildman–Crippen LogP) is 4.15. The quantitative estimate of drug-likeness (QED) is 0.546. The van der Waals surface area contributed by atoms with Gasteiger partial charge >= 0.3 is 5.69 Å². The van der Waals surface area contributed by atoms with Crippen LogP contribution in [0.3, 0.4) is 0 Å². The van der Waals surface area contributed by atoms with Crippen molar-refractivity contribution in [2.45, 2.75) is 10.9 Å². The highest BCUT2D eigenvalue weighted by molar-refractivity contribution is 8.03. The number of benzene rings is 2. The fourth-order valence-corrected chi connectivity index (χ4v) is 4.84. The number of nitrogens with two attached hydrogens (primary N) is 1. The van der Waals surface area contributed by atoms with E-state index in [4.69, 9.17) is 10.2 Å². The first kappa shape index (κ1) is 18.2. The van der Waals surface area contributed by atoms with Crippen LogP contribution in [0.2, 0.25) is 0 Å². The van der Waals surface area contributed by atoms with Crippen LogP contribution < -0.4 is 11.4 Å². The van der Waals surface area contributed by atoms with Crippen molar-refractivity contribution in [1.29, 1.82) is 5.26 Å². The number of aromatic nitrogens is 2. The van der Waals surface area contributed by atoms with Gasteiger partial charge in [-0.3, -0.25) is 9.13 Å². The highest BCUT2D eigenvalue weighted by Gasteiger charge is 2.38. The highest BCUT2D eigenvalue weighted by Crippen LogP contribution is 2.46. The van der Waals surface area contributed by atoms with Gasteiger partial charge in [0.1, 0.15) is 10.8 Å². The van der Waals surface area contributed by atoms with E-state index < -0.39 is 5.92 Å². The number of rotatable bonds is 3. The average molecular weight is 412 g/mol. The van der Waals surface area contributed by atoms with Crippen LogP contribution in [-0.2, 0) is 0 Å². The number of nitrogens with zero attached hydrogens (tertiary/aromatic N) is 3. The Hall–Kier alpha value is -3.89. The predicted molar refractivity (Wildman–Crippen MR) is 115 cm³/mol. The van der Waals surface area contributed by atoms with Crippen molar-refractivity contribution < 1.29 is 4.42 Å². The van der Waals surface area contributed by atoms with Gasteiger partial charge < -0.3 is 10.2 Å². The minimum atomic E-state index is -0.584. The van der Waals surface area contributed by atoms with Crippen molar-refractivity contribution in [1.82, 2.24) is 9.13 Å². The van der Waals surface area contributed by atoms with Gasteiger partial charge in [-0.2, -0.15) is 5.26 Å². The standard InChI is InChI=1S/C23H16N4O2S/c24-14-17-19(18-12-7-13-29-18)20-22(30-21(17)25)27(16-10-5-2-6-11-16)23(28)26(20)15-8-3-1-4-9-15/h1-13,19H,25H2. The molecule has 0 saturated heterocycles. The summed E-state index contributed by atoms with van der Waals surface area (Å²) in [6.45, 7) is 0. The van der Waals surface area contributed by atoms with Crippen LogP contribution in [-0.4, -0.2) is 9.13 Å². The number of thioether (sulfide) groups is 1. The van der Waals surface area contributed by atoms with E-state index in [2.05, 4.69) is 6.07 Å². The second-order valence-electron chi connectivity index (χ2n) is 6.76. The third-order valence-electron chi connectivity index (χ3n) is 5.06. The summed E-state index contributed by atoms with van der Waals surface area (Å²) in [6, 6.07) is 24.6. The molecule has 3 heterocycles. The van der Waals surface area contributed by atoms with Gasteiger partial charge in [-0.1, -0.05) is 48.2 Å². The first-order chi connectivity index (χ1) is 14.7. The minimum absolute atomic E-state index is 0.228. The Kier molecular flexibility index (Phi) is 4.34. The van der Waals surface area contributed by atoms with Crippen LogP contribution in [0.5, 0.6) is 0 Å². The molecule has 2 aromatic carbocycles. The molecule has 6 nitrogen and oxygen atoms in total. The molecule has 0 saturated carbocycles. The van der Waals surface area contributed by atoms with E-state index in [-0.39, 0.29) is 5.69 Å². The van der Waals surface area contributed by atoms with Crippen molar-refractivity contribution in [2.24, 2.45) is 5.73 Å². The van der Waals surface area contributed by atoms with Crippen LogP contribution in [0.1, 0.15) is 17.4 Å². The van der Waals surface area contributed by atoms with Crippen LogP contribution in [0.15, 0.2) is 104 Å². The van der Waals surface area contributed by atoms with E-state index in [9.17, 15) is 10.1 Å². The molecule has 0 radical (unpaired) electrons. The second-order valence-corrected chi connectivity index (χ2v) is 7.79. The number of para-hydroxylation sites is 2. The van der Waals surface area contributed by atoms with Gasteiger partial charge in [0.15, 0.2) is 0 Å². The number of hydrogen-bond acceptors (Lipinski definition) is 5. The molecule has 0 bridgehead atoms. The Balaban J connectivity index is 1.90. The van der Waals surface area contributed by atoms with E-state index in [1.54, 1.807) is 27.5 Å². The molecule has 4 aromatic rings. The third-order valence-corrected chi connectivity index (χ3v) is 6.08. The molecule has 30 heavy (non-hydrogen) atoms. The molecule has 2 aromatic heterocycles. The zero-order valence-corrected chi connectivity index (χ0v) is 16.5. The van der Waals surface area contributed by atoms with Crippen molar-refractivity contribution in [3.05, 3.63) is 112 Å². The van der Waals surface area contributed by atoms with Crippen LogP contribution in [0, 0.1) is 11.3 Å². The Morgan fingerprint density at radius 2 is 1.57 bits per heavy atom. The number of nitriles is 1. The Bertz CT molecular complexity index is 1340. The summed E-state index contributed by atoms with van der Waals surface area (Å²) in [7, 11) is 0. The Morgan fingerprint density at radius 1 is 0.933 bits per heavy atom. The number of furan rings is 1. The summed E-state index contributed by atoms with van der Waals surface area (Å²) < 4.78 is 8.97. The zero-order valence-electron chi connectivity index (χ0n) is 15.7. The Morgan fingerprint density at radius 3 is 2.13 bits per heavy atom. The molecule has 1 unspecified atom stereocenters. The molecule has 0 spiro atoms. The lowest BCUT2D eigenvalue weighted by atomic mass is 9.94. The molecular formula is C23H16N4O2S. The molecule has 1 aliphatic heterocycles. The van der Waals surface area contributed by atoms with Crippen molar-refractivity contribution in [3.63, 3.8) is 0 Å². The van der Waals surface area contributed by atoms with Crippen molar-refractivity contribution in [3.8, 4) is 17.4 Å². The maximum atomic E-state index is 13.7. The molecule has 2 N–H and O–H groups in total. The summed E-state index contributed by atoms with van der Waals surface area (Å²) in [5.41, 5.74) is 8.55. The lowest BCUT2D eigenvalue weighted by Gasteiger charge is -2.23. The molecule has 146 valence electrons. The van der Waals surface area contributed by atoms with Gasteiger partial charge in [-0.05, 0) is 36.4 Å². The second kappa shape index (κ2) is 7.17. The van der Waals surface area contributed by atoms with E-state index in [1.165, 1.54) is 11.8 Å². The van der Waals surface area contributed by atoms with Gasteiger partial charge in [-0.25, -0.2) is 4.79 Å². The summed E-state index contributed by atoms with van der Waals surface area (Å²) in [5.74, 6) is -0.0231. The number of allylic oxidation sites excluding steroid dienone is 1. The average Bonchev–Trinajstić information content (AvgIpc) is 3.40. The minimum Gasteiger partial charge on any atom is -0.468 e. The largest absolute Gasteiger partial charge is 0.468 e. The smallest absolute Gasteiger partial charge is 0.338 e. The van der Waals surface area contributed by atoms with Crippen LogP contribution >= 0.6 is 11.8 Å². The fraction of sp³-hybridized carbons (Fsp3) is 0.0435. The lowest BCUT2D eigenvalue weighted by molar-refractivity contribution is 0.496. The molecule has 5 rings (SSSR count). The monoisotopic (exact) mass is 412 g/mol. The molecule has 0 aliphatic carbocycles. The van der Waals surface area contributed by atoms with Gasteiger partial charge in [-0.15, -0.1) is 0 Å². The summed E-state index contributed by atoms with van der Waals surface area (Å²) in [6.07, 6.45) is 1.56. The zero-order chi connectivity index (χ0) is 20.7. The maximum Gasteiger partial charge on any atom is 0.338 e. The van der Waals surface area contributed by atoms with E-state index in [0.29, 0.717) is 32.8 Å². The Labute approximate surface area is 176 Å². The normalized spacial score (nSPS) is 15.6. The molecule has 0 fully saturated rings. The summed E-state index contributed by atoms with van der Waals surface area (Å²) in [4.78, 5) is 13.7. The van der Waals surface area contributed by atoms with Crippen LogP contribution in [0.25, 0.3) is 11.4 Å². The topological polar surface area (TPSA) is 89.9 Å². The number of fused-ring (bicyclic) bond motifs is 1. The van der Waals surface area contributed by atoms with E-state index in [0.717, 1.165) is 5.69 Å². The first-order valence-electron chi connectivity index (χ1n) is 9.30. The molecule has 1 aliphatic rings. The molecule has 7 heteroatoms. The first-order valence-corrected chi connectivity index (χ1v) is 10.1. The van der Waals surface area contributed by atoms with Crippen molar-refractivity contribution in [2.75, 3.05) is 0 Å². The van der Waals surface area contributed by atoms with Crippen LogP contribution in [0.4, 0.5) is 0 Å². The molecule has 1 atom stereocenters. The van der Waals surface area contributed by atoms with E-state index in [1.807, 2.05) is 60.7 Å². The van der Waals surface area contributed by atoms with Gasteiger partial charge in [0.05, 0.1) is 45.9 Å². The van der Waals surface area contributed by atoms with E-state index >= 15 is 0 Å². The molecule has 0 amide bonds. The third kappa shape index (κ3) is 2.70. The number of hydrogen-bond donors (Lipinski definition) is 1. The van der Waals surface area contributed by atoms with Gasteiger partial charge in [0.25, 0.3) is 0 Å². The van der Waals surface area contributed by atoms with Gasteiger partial charge in [0, 0.05) is 0 Å². The molecular weight excluding hydrogens is 396 g/mol. The maximum absolute atomic E-state index is 13.7. The lowest BCUT2D eigenvalue weighted by Crippen LogP contribution is -2.23. The van der Waals surface area contributed by atoms with Crippen molar-refractivity contribution >= 4 is 11.8 Å². The summed E-state index contributed by atoms with van der Waals surface area (Å²) >= 11 is 1.23. The highest BCUT2D eigenvalue weighted by atomic mass is 32.2. The SMILES string of the molecule is N#CC1=C(N)Sc2c(n(-c3ccccc3)c(=O)n2-c2ccccc2)C1c1ccco1. The fourth-order valence-electron chi connectivity index (χ4n) is 3.77. The summed E-state index contributed by atoms with van der Waals surface area (Å²) in [5, 5.41) is 10.9.